The van der Waals surface area contributed by atoms with Crippen molar-refractivity contribution >= 4 is 12.0 Å². The number of hydrogen-bond acceptors (Lipinski definition) is 5. The third kappa shape index (κ3) is 5.59. The zero-order valence-electron chi connectivity index (χ0n) is 17.1. The van der Waals surface area contributed by atoms with E-state index in [2.05, 4.69) is 4.98 Å². The summed E-state index contributed by atoms with van der Waals surface area (Å²) in [5.41, 5.74) is -0.523. The van der Waals surface area contributed by atoms with Crippen LogP contribution in [0.1, 0.15) is 46.5 Å². The summed E-state index contributed by atoms with van der Waals surface area (Å²) in [5, 5.41) is 0. The Morgan fingerprint density at radius 3 is 2.36 bits per heavy atom. The number of carbonyl (C=O) groups is 2. The van der Waals surface area contributed by atoms with Gasteiger partial charge >= 0.3 is 6.09 Å². The number of aromatic nitrogens is 1. The summed E-state index contributed by atoms with van der Waals surface area (Å²) in [4.78, 5) is 32.9. The number of piperidine rings is 2. The Labute approximate surface area is 167 Å². The van der Waals surface area contributed by atoms with Gasteiger partial charge < -0.3 is 19.3 Å². The Balaban J connectivity index is 1.48. The standard InChI is InChI=1S/C21H31N3O4/c1-21(2,3)28-20(26)24-12-4-5-16(15-24)19(25)23-13-8-18(9-14-23)27-17-6-10-22-11-7-17/h6-7,10-11,16,18H,4-5,8-9,12-15H2,1-3H3. The van der Waals surface area contributed by atoms with Gasteiger partial charge in [-0.05, 0) is 45.7 Å². The minimum atomic E-state index is -0.523. The maximum absolute atomic E-state index is 13.0. The van der Waals surface area contributed by atoms with Crippen LogP contribution in [0.4, 0.5) is 4.79 Å². The van der Waals surface area contributed by atoms with Gasteiger partial charge in [0, 0.05) is 51.4 Å². The van der Waals surface area contributed by atoms with Crippen molar-refractivity contribution in [3.63, 3.8) is 0 Å². The molecule has 0 aromatic carbocycles. The third-order valence-electron chi connectivity index (χ3n) is 5.13. The van der Waals surface area contributed by atoms with Crippen molar-refractivity contribution < 1.29 is 19.1 Å². The zero-order valence-corrected chi connectivity index (χ0v) is 17.1. The van der Waals surface area contributed by atoms with Crippen molar-refractivity contribution in [3.05, 3.63) is 24.5 Å². The highest BCUT2D eigenvalue weighted by Gasteiger charge is 2.34. The maximum Gasteiger partial charge on any atom is 0.410 e. The molecule has 0 radical (unpaired) electrons. The van der Waals surface area contributed by atoms with E-state index >= 15 is 0 Å². The van der Waals surface area contributed by atoms with Crippen LogP contribution in [0.3, 0.4) is 0 Å². The highest BCUT2D eigenvalue weighted by Crippen LogP contribution is 2.24. The van der Waals surface area contributed by atoms with Gasteiger partial charge in [0.25, 0.3) is 0 Å². The molecular weight excluding hydrogens is 358 g/mol. The second kappa shape index (κ2) is 8.80. The van der Waals surface area contributed by atoms with E-state index in [1.165, 1.54) is 0 Å². The number of ether oxygens (including phenoxy) is 2. The lowest BCUT2D eigenvalue weighted by Crippen LogP contribution is -2.50. The molecule has 2 aliphatic heterocycles. The van der Waals surface area contributed by atoms with Crippen molar-refractivity contribution in [2.24, 2.45) is 5.92 Å². The molecule has 0 N–H and O–H groups in total. The van der Waals surface area contributed by atoms with Crippen LogP contribution in [-0.4, -0.2) is 64.7 Å². The van der Waals surface area contributed by atoms with E-state index in [1.54, 1.807) is 17.3 Å². The molecule has 28 heavy (non-hydrogen) atoms. The van der Waals surface area contributed by atoms with Crippen molar-refractivity contribution in [1.29, 1.82) is 0 Å². The molecule has 3 heterocycles. The average molecular weight is 389 g/mol. The van der Waals surface area contributed by atoms with Crippen LogP contribution in [-0.2, 0) is 9.53 Å². The summed E-state index contributed by atoms with van der Waals surface area (Å²) in [5.74, 6) is 0.828. The topological polar surface area (TPSA) is 72.0 Å². The molecule has 0 aliphatic carbocycles. The summed E-state index contributed by atoms with van der Waals surface area (Å²) in [6.07, 6.45) is 6.52. The lowest BCUT2D eigenvalue weighted by molar-refractivity contribution is -0.139. The zero-order chi connectivity index (χ0) is 20.1. The monoisotopic (exact) mass is 389 g/mol. The number of nitrogens with zero attached hydrogens (tertiary/aromatic N) is 3. The number of carbonyl (C=O) groups excluding carboxylic acids is 2. The second-order valence-electron chi connectivity index (χ2n) is 8.59. The normalized spacial score (nSPS) is 21.3. The first-order valence-electron chi connectivity index (χ1n) is 10.2. The van der Waals surface area contributed by atoms with Gasteiger partial charge in [-0.1, -0.05) is 0 Å². The Kier molecular flexibility index (Phi) is 6.42. The first-order chi connectivity index (χ1) is 13.3. The lowest BCUT2D eigenvalue weighted by atomic mass is 9.95. The molecule has 7 nitrogen and oxygen atoms in total. The van der Waals surface area contributed by atoms with Crippen molar-refractivity contribution in [1.82, 2.24) is 14.8 Å². The quantitative estimate of drug-likeness (QED) is 0.794. The Morgan fingerprint density at radius 2 is 1.71 bits per heavy atom. The van der Waals surface area contributed by atoms with Gasteiger partial charge in [0.15, 0.2) is 0 Å². The maximum atomic E-state index is 13.0. The first kappa shape index (κ1) is 20.4. The number of amides is 2. The Hall–Kier alpha value is -2.31. The van der Waals surface area contributed by atoms with Crippen LogP contribution in [0.25, 0.3) is 0 Å². The molecule has 2 saturated heterocycles. The van der Waals surface area contributed by atoms with Crippen molar-refractivity contribution in [2.45, 2.75) is 58.2 Å². The fourth-order valence-corrected chi connectivity index (χ4v) is 3.73. The van der Waals surface area contributed by atoms with Crippen LogP contribution in [0, 0.1) is 5.92 Å². The SMILES string of the molecule is CC(C)(C)OC(=O)N1CCCC(C(=O)N2CCC(Oc3ccncc3)CC2)C1. The van der Waals surface area contributed by atoms with E-state index < -0.39 is 5.60 Å². The van der Waals surface area contributed by atoms with E-state index in [4.69, 9.17) is 9.47 Å². The van der Waals surface area contributed by atoms with Crippen LogP contribution in [0.5, 0.6) is 5.75 Å². The molecular formula is C21H31N3O4. The average Bonchev–Trinajstić information content (AvgIpc) is 2.68. The highest BCUT2D eigenvalue weighted by atomic mass is 16.6. The van der Waals surface area contributed by atoms with Crippen LogP contribution in [0.2, 0.25) is 0 Å². The summed E-state index contributed by atoms with van der Waals surface area (Å²) < 4.78 is 11.4. The highest BCUT2D eigenvalue weighted by molar-refractivity contribution is 5.80. The summed E-state index contributed by atoms with van der Waals surface area (Å²) in [6.45, 7) is 8.05. The van der Waals surface area contributed by atoms with Crippen LogP contribution >= 0.6 is 0 Å². The minimum Gasteiger partial charge on any atom is -0.490 e. The largest absolute Gasteiger partial charge is 0.490 e. The first-order valence-corrected chi connectivity index (χ1v) is 10.2. The second-order valence-corrected chi connectivity index (χ2v) is 8.59. The van der Waals surface area contributed by atoms with Gasteiger partial charge in [-0.25, -0.2) is 4.79 Å². The van der Waals surface area contributed by atoms with E-state index in [0.717, 1.165) is 31.4 Å². The fraction of sp³-hybridized carbons (Fsp3) is 0.667. The molecule has 1 atom stereocenters. The molecule has 1 aromatic rings. The summed E-state index contributed by atoms with van der Waals surface area (Å²) in [7, 11) is 0. The van der Waals surface area contributed by atoms with E-state index in [-0.39, 0.29) is 24.0 Å². The molecule has 2 amide bonds. The molecule has 3 rings (SSSR count). The molecule has 1 unspecified atom stereocenters. The van der Waals surface area contributed by atoms with Crippen molar-refractivity contribution in [2.75, 3.05) is 26.2 Å². The third-order valence-corrected chi connectivity index (χ3v) is 5.13. The predicted molar refractivity (Wildman–Crippen MR) is 105 cm³/mol. The van der Waals surface area contributed by atoms with Gasteiger partial charge in [-0.3, -0.25) is 9.78 Å². The van der Waals surface area contributed by atoms with Crippen molar-refractivity contribution in [3.8, 4) is 5.75 Å². The molecule has 154 valence electrons. The molecule has 2 aliphatic rings. The Morgan fingerprint density at radius 1 is 1.04 bits per heavy atom. The van der Waals surface area contributed by atoms with Crippen LogP contribution in [0.15, 0.2) is 24.5 Å². The molecule has 7 heteroatoms. The van der Waals surface area contributed by atoms with Gasteiger partial charge in [0.05, 0.1) is 5.92 Å². The van der Waals surface area contributed by atoms with E-state index in [0.29, 0.717) is 26.2 Å². The molecule has 1 aromatic heterocycles. The van der Waals surface area contributed by atoms with Gasteiger partial charge in [-0.15, -0.1) is 0 Å². The summed E-state index contributed by atoms with van der Waals surface area (Å²) in [6, 6.07) is 3.70. The molecule has 2 fully saturated rings. The molecule has 0 spiro atoms. The molecule has 0 saturated carbocycles. The van der Waals surface area contributed by atoms with Gasteiger partial charge in [-0.2, -0.15) is 0 Å². The predicted octanol–water partition coefficient (Wildman–Crippen LogP) is 3.10. The van der Waals surface area contributed by atoms with Gasteiger partial charge in [0.2, 0.25) is 5.91 Å². The van der Waals surface area contributed by atoms with E-state index in [9.17, 15) is 9.59 Å². The minimum absolute atomic E-state index is 0.121. The number of pyridine rings is 1. The van der Waals surface area contributed by atoms with E-state index in [1.807, 2.05) is 37.8 Å². The molecule has 0 bridgehead atoms. The van der Waals surface area contributed by atoms with Crippen LogP contribution < -0.4 is 4.74 Å². The number of hydrogen-bond donors (Lipinski definition) is 0. The lowest BCUT2D eigenvalue weighted by Gasteiger charge is -2.38. The summed E-state index contributed by atoms with van der Waals surface area (Å²) >= 11 is 0. The number of rotatable bonds is 3. The fourth-order valence-electron chi connectivity index (χ4n) is 3.73. The van der Waals surface area contributed by atoms with Gasteiger partial charge in [0.1, 0.15) is 17.5 Å². The smallest absolute Gasteiger partial charge is 0.410 e. The Bertz CT molecular complexity index is 666. The number of likely N-dealkylation sites (tertiary alicyclic amines) is 2.